The number of nitrogens with zero attached hydrogens (tertiary/aromatic N) is 4. The van der Waals surface area contributed by atoms with E-state index in [1.807, 2.05) is 18.2 Å². The first kappa shape index (κ1) is 16.1. The lowest BCUT2D eigenvalue weighted by Crippen LogP contribution is -2.52. The minimum Gasteiger partial charge on any atom is -0.507 e. The van der Waals surface area contributed by atoms with Crippen LogP contribution in [0.3, 0.4) is 0 Å². The summed E-state index contributed by atoms with van der Waals surface area (Å²) in [4.78, 5) is 8.19. The van der Waals surface area contributed by atoms with Crippen LogP contribution < -0.4 is 10.1 Å². The lowest BCUT2D eigenvalue weighted by molar-refractivity contribution is 0.0438. The molecule has 136 valence electrons. The summed E-state index contributed by atoms with van der Waals surface area (Å²) in [7, 11) is 0. The SMILES string of the molecule is Oc1cc2cnccc2cc1-c1cnc(O[C@H]2C[C@@H]3C=C[C@@H](N3)[C@@H]2F)nn1. The molecule has 2 aliphatic heterocycles. The number of phenols is 1. The number of hydrogen-bond donors (Lipinski definition) is 2. The van der Waals surface area contributed by atoms with Gasteiger partial charge in [0.05, 0.1) is 12.2 Å². The highest BCUT2D eigenvalue weighted by Gasteiger charge is 2.40. The van der Waals surface area contributed by atoms with Gasteiger partial charge in [0.25, 0.3) is 0 Å². The van der Waals surface area contributed by atoms with Crippen LogP contribution in [0.5, 0.6) is 11.8 Å². The molecule has 0 amide bonds. The van der Waals surface area contributed by atoms with Crippen molar-refractivity contribution < 1.29 is 14.2 Å². The van der Waals surface area contributed by atoms with E-state index in [1.54, 1.807) is 24.5 Å². The Hall–Kier alpha value is -3.13. The number of ether oxygens (including phenoxy) is 1. The Morgan fingerprint density at radius 2 is 2.07 bits per heavy atom. The van der Waals surface area contributed by atoms with Gasteiger partial charge in [-0.1, -0.05) is 17.3 Å². The molecular formula is C19H16FN5O2. The summed E-state index contributed by atoms with van der Waals surface area (Å²) in [6, 6.07) is 5.07. The third kappa shape index (κ3) is 2.87. The molecule has 0 saturated carbocycles. The van der Waals surface area contributed by atoms with Gasteiger partial charge in [-0.2, -0.15) is 0 Å². The van der Waals surface area contributed by atoms with E-state index in [1.165, 1.54) is 6.20 Å². The van der Waals surface area contributed by atoms with E-state index in [2.05, 4.69) is 25.5 Å². The van der Waals surface area contributed by atoms with Gasteiger partial charge in [-0.3, -0.25) is 4.98 Å². The molecule has 0 spiro atoms. The largest absolute Gasteiger partial charge is 0.507 e. The molecule has 1 saturated heterocycles. The van der Waals surface area contributed by atoms with Crippen molar-refractivity contribution in [2.75, 3.05) is 0 Å². The number of pyridine rings is 1. The van der Waals surface area contributed by atoms with Crippen LogP contribution in [-0.4, -0.2) is 49.6 Å². The van der Waals surface area contributed by atoms with E-state index in [0.717, 1.165) is 10.8 Å². The molecule has 4 atom stereocenters. The molecule has 0 radical (unpaired) electrons. The van der Waals surface area contributed by atoms with E-state index in [-0.39, 0.29) is 23.8 Å². The van der Waals surface area contributed by atoms with Gasteiger partial charge in [0.2, 0.25) is 0 Å². The molecule has 0 unspecified atom stereocenters. The second-order valence-electron chi connectivity index (χ2n) is 6.74. The predicted molar refractivity (Wildman–Crippen MR) is 96.0 cm³/mol. The van der Waals surface area contributed by atoms with Gasteiger partial charge in [0.15, 0.2) is 6.17 Å². The fraction of sp³-hybridized carbons (Fsp3) is 0.263. The average Bonchev–Trinajstić information content (AvgIpc) is 3.10. The Labute approximate surface area is 153 Å². The topological polar surface area (TPSA) is 93.1 Å². The Balaban J connectivity index is 1.38. The molecule has 7 nitrogen and oxygen atoms in total. The van der Waals surface area contributed by atoms with Crippen molar-refractivity contribution in [3.05, 3.63) is 48.9 Å². The third-order valence-corrected chi connectivity index (χ3v) is 4.97. The van der Waals surface area contributed by atoms with Crippen molar-refractivity contribution in [1.29, 1.82) is 0 Å². The van der Waals surface area contributed by atoms with Crippen LogP contribution in [0.15, 0.2) is 48.9 Å². The van der Waals surface area contributed by atoms with E-state index in [9.17, 15) is 9.50 Å². The highest BCUT2D eigenvalue weighted by Crippen LogP contribution is 2.32. The van der Waals surface area contributed by atoms with Crippen LogP contribution in [0.4, 0.5) is 4.39 Å². The fourth-order valence-electron chi connectivity index (χ4n) is 3.59. The molecule has 2 aliphatic rings. The van der Waals surface area contributed by atoms with E-state index in [4.69, 9.17) is 4.74 Å². The molecule has 4 heterocycles. The van der Waals surface area contributed by atoms with Gasteiger partial charge in [-0.15, -0.1) is 5.10 Å². The van der Waals surface area contributed by atoms with E-state index < -0.39 is 12.3 Å². The van der Waals surface area contributed by atoms with Crippen LogP contribution in [0.2, 0.25) is 0 Å². The number of aromatic hydroxyl groups is 1. The van der Waals surface area contributed by atoms with Gasteiger partial charge in [-0.25, -0.2) is 9.37 Å². The van der Waals surface area contributed by atoms with Gasteiger partial charge in [0, 0.05) is 35.8 Å². The number of piperidine rings is 1. The Kier molecular flexibility index (Phi) is 3.71. The summed E-state index contributed by atoms with van der Waals surface area (Å²) in [5.74, 6) is 0.0603. The Morgan fingerprint density at radius 3 is 2.93 bits per heavy atom. The lowest BCUT2D eigenvalue weighted by atomic mass is 9.99. The monoisotopic (exact) mass is 365 g/mol. The van der Waals surface area contributed by atoms with Gasteiger partial charge in [0.1, 0.15) is 17.5 Å². The second kappa shape index (κ2) is 6.24. The summed E-state index contributed by atoms with van der Waals surface area (Å²) in [6.45, 7) is 0. The van der Waals surface area contributed by atoms with Crippen LogP contribution in [0.25, 0.3) is 22.0 Å². The number of halogens is 1. The number of rotatable bonds is 3. The maximum Gasteiger partial charge on any atom is 0.336 e. The highest BCUT2D eigenvalue weighted by atomic mass is 19.1. The fourth-order valence-corrected chi connectivity index (χ4v) is 3.59. The molecule has 1 fully saturated rings. The molecule has 2 aromatic heterocycles. The van der Waals surface area contributed by atoms with Crippen molar-refractivity contribution in [2.45, 2.75) is 30.8 Å². The normalized spacial score (nSPS) is 26.4. The van der Waals surface area contributed by atoms with E-state index in [0.29, 0.717) is 17.7 Å². The van der Waals surface area contributed by atoms with E-state index >= 15 is 0 Å². The zero-order valence-electron chi connectivity index (χ0n) is 14.2. The van der Waals surface area contributed by atoms with Crippen molar-refractivity contribution >= 4 is 10.8 Å². The Morgan fingerprint density at radius 1 is 1.15 bits per heavy atom. The minimum absolute atomic E-state index is 0.0252. The quantitative estimate of drug-likeness (QED) is 0.687. The lowest BCUT2D eigenvalue weighted by Gasteiger charge is -2.32. The number of hydrogen-bond acceptors (Lipinski definition) is 7. The second-order valence-corrected chi connectivity index (χ2v) is 6.74. The van der Waals surface area contributed by atoms with Gasteiger partial charge >= 0.3 is 6.01 Å². The summed E-state index contributed by atoms with van der Waals surface area (Å²) < 4.78 is 20.0. The van der Waals surface area contributed by atoms with Crippen LogP contribution in [0, 0.1) is 0 Å². The average molecular weight is 365 g/mol. The van der Waals surface area contributed by atoms with Gasteiger partial charge < -0.3 is 15.2 Å². The molecule has 8 heteroatoms. The number of phenolic OH excluding ortho intramolecular Hbond substituents is 1. The third-order valence-electron chi connectivity index (χ3n) is 4.97. The standard InChI is InChI=1S/C19H16FN5O2/c20-18-14-2-1-12(23-14)7-17(18)27-19-22-9-15(24-25-19)13-5-10-3-4-21-8-11(10)6-16(13)26/h1-6,8-9,12,14,17-18,23,26H,7H2/t12-,14+,17-,18-/m0/s1. The highest BCUT2D eigenvalue weighted by molar-refractivity contribution is 5.89. The Bertz CT molecular complexity index is 1030. The zero-order chi connectivity index (χ0) is 18.4. The first-order valence-corrected chi connectivity index (χ1v) is 8.69. The summed E-state index contributed by atoms with van der Waals surface area (Å²) in [5.41, 5.74) is 0.912. The summed E-state index contributed by atoms with van der Waals surface area (Å²) in [6.07, 6.45) is 7.34. The molecule has 3 aromatic rings. The summed E-state index contributed by atoms with van der Waals surface area (Å²) >= 11 is 0. The molecule has 2 N–H and O–H groups in total. The number of nitrogens with one attached hydrogen (secondary N) is 1. The molecule has 5 rings (SSSR count). The molecule has 0 aliphatic carbocycles. The summed E-state index contributed by atoms with van der Waals surface area (Å²) in [5, 5.41) is 23.2. The zero-order valence-corrected chi connectivity index (χ0v) is 14.2. The van der Waals surface area contributed by atoms with Crippen LogP contribution in [-0.2, 0) is 0 Å². The predicted octanol–water partition coefficient (Wildman–Crippen LogP) is 2.18. The van der Waals surface area contributed by atoms with Gasteiger partial charge in [-0.05, 0) is 23.6 Å². The smallest absolute Gasteiger partial charge is 0.336 e. The number of fused-ring (bicyclic) bond motifs is 3. The first-order valence-electron chi connectivity index (χ1n) is 8.69. The molecule has 27 heavy (non-hydrogen) atoms. The first-order chi connectivity index (χ1) is 13.2. The van der Waals surface area contributed by atoms with Crippen molar-refractivity contribution in [2.24, 2.45) is 0 Å². The molecular weight excluding hydrogens is 349 g/mol. The number of aromatic nitrogens is 4. The van der Waals surface area contributed by atoms with Crippen molar-refractivity contribution in [3.63, 3.8) is 0 Å². The molecule has 1 aromatic carbocycles. The van der Waals surface area contributed by atoms with Crippen LogP contribution in [0.1, 0.15) is 6.42 Å². The van der Waals surface area contributed by atoms with Crippen molar-refractivity contribution in [3.8, 4) is 23.0 Å². The maximum absolute atomic E-state index is 14.4. The van der Waals surface area contributed by atoms with Crippen LogP contribution >= 0.6 is 0 Å². The molecule has 2 bridgehead atoms. The maximum atomic E-state index is 14.4. The minimum atomic E-state index is -1.17. The number of benzene rings is 1. The van der Waals surface area contributed by atoms with Crippen molar-refractivity contribution in [1.82, 2.24) is 25.5 Å². The number of alkyl halides is 1.